The minimum Gasteiger partial charge on any atom is -0.326 e. The molecule has 1 fully saturated rings. The molecule has 1 atom stereocenters. The van der Waals surface area contributed by atoms with Crippen LogP contribution in [0.5, 0.6) is 0 Å². The number of carbonyl (C=O) groups excluding carboxylic acids is 2. The van der Waals surface area contributed by atoms with Crippen LogP contribution in [0.2, 0.25) is 10.0 Å². The van der Waals surface area contributed by atoms with E-state index in [1.807, 2.05) is 19.1 Å². The third-order valence-electron chi connectivity index (χ3n) is 4.07. The van der Waals surface area contributed by atoms with Gasteiger partial charge in [-0.05, 0) is 42.8 Å². The summed E-state index contributed by atoms with van der Waals surface area (Å²) in [5.74, 6) is -0.406. The van der Waals surface area contributed by atoms with Gasteiger partial charge in [-0.3, -0.25) is 14.5 Å². The number of amides is 2. The van der Waals surface area contributed by atoms with Crippen molar-refractivity contribution in [3.63, 3.8) is 0 Å². The highest BCUT2D eigenvalue weighted by atomic mass is 35.5. The molecule has 1 aliphatic heterocycles. The molecule has 5 nitrogen and oxygen atoms in total. The number of hydrogen-bond donors (Lipinski definition) is 1. The van der Waals surface area contributed by atoms with E-state index in [1.54, 1.807) is 37.4 Å². The largest absolute Gasteiger partial charge is 0.326 e. The molecular formula is C19H17Cl2N3O2S. The highest BCUT2D eigenvalue weighted by Crippen LogP contribution is 2.33. The number of anilines is 1. The molecule has 0 spiro atoms. The topological polar surface area (TPSA) is 61.8 Å². The van der Waals surface area contributed by atoms with Gasteiger partial charge in [-0.25, -0.2) is 4.99 Å². The molecule has 2 aromatic carbocycles. The van der Waals surface area contributed by atoms with Crippen molar-refractivity contribution >= 4 is 63.3 Å². The quantitative estimate of drug-likeness (QED) is 0.763. The van der Waals surface area contributed by atoms with Gasteiger partial charge < -0.3 is 5.32 Å². The molecule has 140 valence electrons. The summed E-state index contributed by atoms with van der Waals surface area (Å²) in [5.41, 5.74) is 2.14. The Morgan fingerprint density at radius 1 is 1.26 bits per heavy atom. The normalized spacial score (nSPS) is 18.2. The summed E-state index contributed by atoms with van der Waals surface area (Å²) in [7, 11) is 1.66. The van der Waals surface area contributed by atoms with E-state index in [0.29, 0.717) is 26.6 Å². The average Bonchev–Trinajstić information content (AvgIpc) is 2.87. The van der Waals surface area contributed by atoms with Crippen molar-refractivity contribution < 1.29 is 9.59 Å². The Kier molecular flexibility index (Phi) is 6.09. The number of halogens is 2. The number of amidine groups is 1. The molecule has 2 aromatic rings. The van der Waals surface area contributed by atoms with E-state index in [9.17, 15) is 9.59 Å². The van der Waals surface area contributed by atoms with Crippen LogP contribution < -0.4 is 5.32 Å². The van der Waals surface area contributed by atoms with Crippen molar-refractivity contribution in [3.05, 3.63) is 58.1 Å². The summed E-state index contributed by atoms with van der Waals surface area (Å²) in [5, 5.41) is 3.94. The lowest BCUT2D eigenvalue weighted by molar-refractivity contribution is -0.127. The minimum absolute atomic E-state index is 0.0495. The summed E-state index contributed by atoms with van der Waals surface area (Å²) >= 11 is 13.3. The lowest BCUT2D eigenvalue weighted by atomic mass is 10.2. The Balaban J connectivity index is 1.71. The van der Waals surface area contributed by atoms with Gasteiger partial charge in [0.2, 0.25) is 11.8 Å². The number of thioether (sulfide) groups is 1. The predicted molar refractivity (Wildman–Crippen MR) is 112 cm³/mol. The second-order valence-corrected chi connectivity index (χ2v) is 8.06. The third kappa shape index (κ3) is 4.64. The van der Waals surface area contributed by atoms with Crippen molar-refractivity contribution in [2.75, 3.05) is 12.4 Å². The lowest BCUT2D eigenvalue weighted by Gasteiger charge is -2.10. The summed E-state index contributed by atoms with van der Waals surface area (Å²) < 4.78 is 0. The molecule has 0 aliphatic carbocycles. The van der Waals surface area contributed by atoms with Gasteiger partial charge in [0.05, 0.1) is 5.69 Å². The monoisotopic (exact) mass is 421 g/mol. The third-order valence-corrected chi connectivity index (χ3v) is 5.95. The first-order valence-electron chi connectivity index (χ1n) is 8.18. The van der Waals surface area contributed by atoms with Crippen LogP contribution in [0.4, 0.5) is 11.4 Å². The van der Waals surface area contributed by atoms with Crippen LogP contribution in [-0.2, 0) is 9.59 Å². The van der Waals surface area contributed by atoms with E-state index in [2.05, 4.69) is 10.3 Å². The maximum absolute atomic E-state index is 12.5. The molecule has 0 bridgehead atoms. The van der Waals surface area contributed by atoms with E-state index in [-0.39, 0.29) is 18.2 Å². The Morgan fingerprint density at radius 2 is 2.00 bits per heavy atom. The standard InChI is InChI=1S/C19H17Cl2N3O2S/c1-11-14(21)7-4-8-15(11)23-19-24(2)18(26)16(27-19)10-17(25)22-13-6-3-5-12(20)9-13/h3-9,16H,10H2,1-2H3,(H,22,25)/t16-/m1/s1. The Labute approximate surface area is 171 Å². The van der Waals surface area contributed by atoms with Gasteiger partial charge in [0.25, 0.3) is 0 Å². The Morgan fingerprint density at radius 3 is 2.74 bits per heavy atom. The predicted octanol–water partition coefficient (Wildman–Crippen LogP) is 4.89. The highest BCUT2D eigenvalue weighted by Gasteiger charge is 2.37. The maximum atomic E-state index is 12.5. The minimum atomic E-state index is -0.521. The van der Waals surface area contributed by atoms with Gasteiger partial charge in [0.15, 0.2) is 5.17 Å². The number of nitrogens with one attached hydrogen (secondary N) is 1. The lowest BCUT2D eigenvalue weighted by Crippen LogP contribution is -2.30. The van der Waals surface area contributed by atoms with Crippen LogP contribution in [0.25, 0.3) is 0 Å². The van der Waals surface area contributed by atoms with Gasteiger partial charge in [-0.15, -0.1) is 0 Å². The van der Waals surface area contributed by atoms with Crippen molar-refractivity contribution in [3.8, 4) is 0 Å². The first-order chi connectivity index (χ1) is 12.8. The molecule has 0 unspecified atom stereocenters. The van der Waals surface area contributed by atoms with Crippen LogP contribution in [0, 0.1) is 6.92 Å². The zero-order valence-electron chi connectivity index (χ0n) is 14.7. The summed E-state index contributed by atoms with van der Waals surface area (Å²) in [6.07, 6.45) is 0.0495. The summed E-state index contributed by atoms with van der Waals surface area (Å²) in [6.45, 7) is 1.87. The highest BCUT2D eigenvalue weighted by molar-refractivity contribution is 8.15. The van der Waals surface area contributed by atoms with E-state index >= 15 is 0 Å². The SMILES string of the molecule is Cc1c(Cl)cccc1N=C1S[C@H](CC(=O)Nc2cccc(Cl)c2)C(=O)N1C. The number of hydrogen-bond acceptors (Lipinski definition) is 4. The van der Waals surface area contributed by atoms with E-state index in [4.69, 9.17) is 23.2 Å². The first kappa shape index (κ1) is 19.7. The van der Waals surface area contributed by atoms with Gasteiger partial charge in [-0.2, -0.15) is 0 Å². The van der Waals surface area contributed by atoms with Crippen molar-refractivity contribution in [1.29, 1.82) is 0 Å². The number of benzene rings is 2. The van der Waals surface area contributed by atoms with Crippen LogP contribution in [0.1, 0.15) is 12.0 Å². The molecule has 3 rings (SSSR count). The van der Waals surface area contributed by atoms with E-state index in [0.717, 1.165) is 5.56 Å². The number of rotatable bonds is 4. The van der Waals surface area contributed by atoms with E-state index in [1.165, 1.54) is 16.7 Å². The molecule has 1 N–H and O–H groups in total. The smallest absolute Gasteiger partial charge is 0.242 e. The van der Waals surface area contributed by atoms with E-state index < -0.39 is 5.25 Å². The number of aliphatic imine (C=N–C) groups is 1. The molecule has 1 heterocycles. The van der Waals surface area contributed by atoms with Crippen molar-refractivity contribution in [2.24, 2.45) is 4.99 Å². The fraction of sp³-hybridized carbons (Fsp3) is 0.211. The van der Waals surface area contributed by atoms with Gasteiger partial charge in [0, 0.05) is 29.2 Å². The fourth-order valence-corrected chi connectivity index (χ4v) is 4.07. The Hall–Kier alpha value is -2.02. The van der Waals surface area contributed by atoms with Gasteiger partial charge >= 0.3 is 0 Å². The zero-order chi connectivity index (χ0) is 19.6. The van der Waals surface area contributed by atoms with Crippen LogP contribution in [0.3, 0.4) is 0 Å². The van der Waals surface area contributed by atoms with Crippen LogP contribution in [0.15, 0.2) is 47.5 Å². The molecular weight excluding hydrogens is 405 g/mol. The Bertz CT molecular complexity index is 933. The molecule has 0 saturated carbocycles. The second-order valence-electron chi connectivity index (χ2n) is 6.04. The zero-order valence-corrected chi connectivity index (χ0v) is 17.0. The molecule has 1 aliphatic rings. The molecule has 0 aromatic heterocycles. The summed E-state index contributed by atoms with van der Waals surface area (Å²) in [6, 6.07) is 12.3. The molecule has 27 heavy (non-hydrogen) atoms. The van der Waals surface area contributed by atoms with Gasteiger partial charge in [-0.1, -0.05) is 47.1 Å². The second kappa shape index (κ2) is 8.33. The van der Waals surface area contributed by atoms with Gasteiger partial charge in [0.1, 0.15) is 5.25 Å². The van der Waals surface area contributed by atoms with Crippen molar-refractivity contribution in [2.45, 2.75) is 18.6 Å². The molecule has 2 amide bonds. The number of nitrogens with zero attached hydrogens (tertiary/aromatic N) is 2. The number of carbonyl (C=O) groups is 2. The average molecular weight is 422 g/mol. The summed E-state index contributed by atoms with van der Waals surface area (Å²) in [4.78, 5) is 30.8. The molecule has 0 radical (unpaired) electrons. The van der Waals surface area contributed by atoms with Crippen LogP contribution in [-0.4, -0.2) is 34.2 Å². The molecule has 8 heteroatoms. The first-order valence-corrected chi connectivity index (χ1v) is 9.82. The maximum Gasteiger partial charge on any atom is 0.242 e. The molecule has 1 saturated heterocycles. The fourth-order valence-electron chi connectivity index (χ4n) is 2.56. The van der Waals surface area contributed by atoms with Crippen molar-refractivity contribution in [1.82, 2.24) is 4.90 Å². The van der Waals surface area contributed by atoms with Crippen LogP contribution >= 0.6 is 35.0 Å².